The second-order valence-electron chi connectivity index (χ2n) is 3.14. The molecule has 2 rings (SSSR count). The maximum atomic E-state index is 5.86. The molecule has 0 unspecified atom stereocenters. The molecule has 0 radical (unpaired) electrons. The van der Waals surface area contributed by atoms with E-state index in [2.05, 4.69) is 4.98 Å². The molecule has 0 aliphatic rings. The van der Waals surface area contributed by atoms with Gasteiger partial charge >= 0.3 is 0 Å². The van der Waals surface area contributed by atoms with Crippen LogP contribution in [0.2, 0.25) is 0 Å². The van der Waals surface area contributed by atoms with E-state index in [1.54, 1.807) is 13.3 Å². The van der Waals surface area contributed by atoms with Gasteiger partial charge in [-0.2, -0.15) is 0 Å². The Morgan fingerprint density at radius 2 is 1.88 bits per heavy atom. The highest BCUT2D eigenvalue weighted by molar-refractivity contribution is 5.85. The fraction of sp³-hybridized carbons (Fsp3) is 0.0833. The highest BCUT2D eigenvalue weighted by Gasteiger charge is 2.08. The van der Waals surface area contributed by atoms with E-state index in [4.69, 9.17) is 10.5 Å². The zero-order valence-corrected chi connectivity index (χ0v) is 9.70. The maximum Gasteiger partial charge on any atom is 0.128 e. The number of anilines is 1. The normalized spacial score (nSPS) is 9.31. The SMILES string of the molecule is COc1ccccc1-c1ncccc1N.Cl. The van der Waals surface area contributed by atoms with Gasteiger partial charge in [-0.25, -0.2) is 0 Å². The Balaban J connectivity index is 0.00000128. The number of nitrogens with zero attached hydrogens (tertiary/aromatic N) is 1. The summed E-state index contributed by atoms with van der Waals surface area (Å²) in [5.41, 5.74) is 8.19. The average molecular weight is 237 g/mol. The van der Waals surface area contributed by atoms with E-state index in [0.29, 0.717) is 5.69 Å². The van der Waals surface area contributed by atoms with Crippen LogP contribution in [0.15, 0.2) is 42.6 Å². The van der Waals surface area contributed by atoms with Crippen LogP contribution in [0, 0.1) is 0 Å². The summed E-state index contributed by atoms with van der Waals surface area (Å²) < 4.78 is 5.26. The molecule has 0 fully saturated rings. The smallest absolute Gasteiger partial charge is 0.128 e. The van der Waals surface area contributed by atoms with Gasteiger partial charge in [-0.15, -0.1) is 12.4 Å². The van der Waals surface area contributed by atoms with Crippen LogP contribution < -0.4 is 10.5 Å². The van der Waals surface area contributed by atoms with Crippen LogP contribution in [0.5, 0.6) is 5.75 Å². The van der Waals surface area contributed by atoms with Crippen molar-refractivity contribution >= 4 is 18.1 Å². The Morgan fingerprint density at radius 3 is 2.56 bits per heavy atom. The number of methoxy groups -OCH3 is 1. The summed E-state index contributed by atoms with van der Waals surface area (Å²) in [4.78, 5) is 4.25. The summed E-state index contributed by atoms with van der Waals surface area (Å²) in [5, 5.41) is 0. The van der Waals surface area contributed by atoms with Gasteiger partial charge in [0.15, 0.2) is 0 Å². The van der Waals surface area contributed by atoms with Gasteiger partial charge in [0.05, 0.1) is 18.5 Å². The Kier molecular flexibility index (Phi) is 4.14. The first kappa shape index (κ1) is 12.3. The molecule has 0 aliphatic carbocycles. The molecule has 0 amide bonds. The van der Waals surface area contributed by atoms with Crippen LogP contribution in [0.25, 0.3) is 11.3 Å². The molecule has 0 atom stereocenters. The molecule has 1 heterocycles. The van der Waals surface area contributed by atoms with Gasteiger partial charge in [0, 0.05) is 11.8 Å². The molecule has 4 heteroatoms. The summed E-state index contributed by atoms with van der Waals surface area (Å²) >= 11 is 0. The van der Waals surface area contributed by atoms with E-state index in [0.717, 1.165) is 17.0 Å². The van der Waals surface area contributed by atoms with Gasteiger partial charge < -0.3 is 10.5 Å². The van der Waals surface area contributed by atoms with Gasteiger partial charge in [0.1, 0.15) is 5.75 Å². The van der Waals surface area contributed by atoms with Crippen molar-refractivity contribution < 1.29 is 4.74 Å². The van der Waals surface area contributed by atoms with E-state index >= 15 is 0 Å². The van der Waals surface area contributed by atoms with Crippen molar-refractivity contribution in [1.29, 1.82) is 0 Å². The fourth-order valence-corrected chi connectivity index (χ4v) is 1.48. The number of ether oxygens (including phenoxy) is 1. The molecule has 84 valence electrons. The summed E-state index contributed by atoms with van der Waals surface area (Å²) in [6, 6.07) is 11.3. The third-order valence-electron chi connectivity index (χ3n) is 2.20. The lowest BCUT2D eigenvalue weighted by Gasteiger charge is -2.08. The van der Waals surface area contributed by atoms with Gasteiger partial charge in [-0.05, 0) is 24.3 Å². The van der Waals surface area contributed by atoms with E-state index < -0.39 is 0 Å². The minimum absolute atomic E-state index is 0. The number of hydrogen-bond acceptors (Lipinski definition) is 3. The van der Waals surface area contributed by atoms with Gasteiger partial charge in [0.2, 0.25) is 0 Å². The van der Waals surface area contributed by atoms with Crippen LogP contribution >= 0.6 is 12.4 Å². The fourth-order valence-electron chi connectivity index (χ4n) is 1.48. The minimum atomic E-state index is 0. The maximum absolute atomic E-state index is 5.86. The summed E-state index contributed by atoms with van der Waals surface area (Å²) in [6.45, 7) is 0. The lowest BCUT2D eigenvalue weighted by Crippen LogP contribution is -1.94. The monoisotopic (exact) mass is 236 g/mol. The number of halogens is 1. The Hall–Kier alpha value is -1.74. The van der Waals surface area contributed by atoms with E-state index in [9.17, 15) is 0 Å². The van der Waals surface area contributed by atoms with Crippen molar-refractivity contribution in [3.63, 3.8) is 0 Å². The lowest BCUT2D eigenvalue weighted by molar-refractivity contribution is 0.416. The van der Waals surface area contributed by atoms with Crippen molar-refractivity contribution in [2.75, 3.05) is 12.8 Å². The second kappa shape index (κ2) is 5.37. The number of nitrogen functional groups attached to an aromatic ring is 1. The van der Waals surface area contributed by atoms with Gasteiger partial charge in [-0.3, -0.25) is 4.98 Å². The zero-order chi connectivity index (χ0) is 10.7. The van der Waals surface area contributed by atoms with E-state index in [1.807, 2.05) is 36.4 Å². The molecular weight excluding hydrogens is 224 g/mol. The molecule has 16 heavy (non-hydrogen) atoms. The van der Waals surface area contributed by atoms with Crippen LogP contribution in [-0.2, 0) is 0 Å². The Morgan fingerprint density at radius 1 is 1.12 bits per heavy atom. The zero-order valence-electron chi connectivity index (χ0n) is 8.88. The molecule has 3 nitrogen and oxygen atoms in total. The number of benzene rings is 1. The van der Waals surface area contributed by atoms with Crippen LogP contribution in [0.4, 0.5) is 5.69 Å². The number of hydrogen-bond donors (Lipinski definition) is 1. The molecule has 2 aromatic rings. The predicted molar refractivity (Wildman–Crippen MR) is 67.9 cm³/mol. The summed E-state index contributed by atoms with van der Waals surface area (Å²) in [6.07, 6.45) is 1.72. The summed E-state index contributed by atoms with van der Waals surface area (Å²) in [7, 11) is 1.64. The van der Waals surface area contributed by atoms with E-state index in [1.165, 1.54) is 0 Å². The van der Waals surface area contributed by atoms with Crippen molar-refractivity contribution in [2.45, 2.75) is 0 Å². The number of aromatic nitrogens is 1. The molecule has 0 spiro atoms. The van der Waals surface area contributed by atoms with Crippen molar-refractivity contribution in [1.82, 2.24) is 4.98 Å². The quantitative estimate of drug-likeness (QED) is 0.872. The highest BCUT2D eigenvalue weighted by Crippen LogP contribution is 2.31. The molecule has 2 N–H and O–H groups in total. The number of rotatable bonds is 2. The summed E-state index contributed by atoms with van der Waals surface area (Å²) in [5.74, 6) is 0.780. The van der Waals surface area contributed by atoms with Gasteiger partial charge in [0.25, 0.3) is 0 Å². The molecule has 1 aromatic carbocycles. The topological polar surface area (TPSA) is 48.1 Å². The standard InChI is InChI=1S/C12H12N2O.ClH/c1-15-11-7-3-2-5-9(11)12-10(13)6-4-8-14-12;/h2-8H,13H2,1H3;1H. The molecular formula is C12H13ClN2O. The van der Waals surface area contributed by atoms with Crippen molar-refractivity contribution in [3.05, 3.63) is 42.6 Å². The molecule has 0 saturated heterocycles. The molecule has 0 saturated carbocycles. The average Bonchev–Trinajstić information content (AvgIpc) is 2.30. The van der Waals surface area contributed by atoms with E-state index in [-0.39, 0.29) is 12.4 Å². The number of pyridine rings is 1. The first-order valence-corrected chi connectivity index (χ1v) is 4.67. The van der Waals surface area contributed by atoms with Crippen molar-refractivity contribution in [3.8, 4) is 17.0 Å². The minimum Gasteiger partial charge on any atom is -0.496 e. The largest absolute Gasteiger partial charge is 0.496 e. The predicted octanol–water partition coefficient (Wildman–Crippen LogP) is 2.76. The van der Waals surface area contributed by atoms with Crippen LogP contribution in [-0.4, -0.2) is 12.1 Å². The first-order chi connectivity index (χ1) is 7.33. The second-order valence-corrected chi connectivity index (χ2v) is 3.14. The first-order valence-electron chi connectivity index (χ1n) is 4.67. The highest BCUT2D eigenvalue weighted by atomic mass is 35.5. The van der Waals surface area contributed by atoms with Crippen molar-refractivity contribution in [2.24, 2.45) is 0 Å². The van der Waals surface area contributed by atoms with Crippen LogP contribution in [0.1, 0.15) is 0 Å². The third kappa shape index (κ3) is 2.25. The Labute approximate surface area is 101 Å². The molecule has 1 aromatic heterocycles. The Bertz CT molecular complexity index is 474. The molecule has 0 aliphatic heterocycles. The van der Waals surface area contributed by atoms with Gasteiger partial charge in [-0.1, -0.05) is 12.1 Å². The van der Waals surface area contributed by atoms with Crippen LogP contribution in [0.3, 0.4) is 0 Å². The number of para-hydroxylation sites is 1. The number of nitrogens with two attached hydrogens (primary N) is 1. The molecule has 0 bridgehead atoms. The third-order valence-corrected chi connectivity index (χ3v) is 2.20. The lowest BCUT2D eigenvalue weighted by atomic mass is 10.1.